The minimum Gasteiger partial charge on any atom is -0.466 e. The van der Waals surface area contributed by atoms with E-state index in [1.807, 2.05) is 6.92 Å². The Balaban J connectivity index is 0. The summed E-state index contributed by atoms with van der Waals surface area (Å²) in [7, 11) is 3.25. The molecule has 6 nitrogen and oxygen atoms in total. The van der Waals surface area contributed by atoms with Gasteiger partial charge in [-0.1, -0.05) is 13.3 Å². The molecule has 0 aromatic rings. The lowest BCUT2D eigenvalue weighted by Crippen LogP contribution is -2.19. The molecular weight excluding hydrogens is 252 g/mol. The lowest BCUT2D eigenvalue weighted by molar-refractivity contribution is -0.145. The van der Waals surface area contributed by atoms with Crippen LogP contribution in [0.4, 0.5) is 0 Å². The average Bonchev–Trinajstić information content (AvgIpc) is 2.35. The molecule has 0 radical (unpaired) electrons. The molecule has 1 atom stereocenters. The molecule has 0 rings (SSSR count). The van der Waals surface area contributed by atoms with E-state index in [1.165, 1.54) is 6.92 Å². The fourth-order valence-corrected chi connectivity index (χ4v) is 0.984. The minimum absolute atomic E-state index is 0.0719. The molecule has 19 heavy (non-hydrogen) atoms. The number of hydrogen-bond donors (Lipinski definition) is 1. The highest BCUT2D eigenvalue weighted by Crippen LogP contribution is 2.01. The lowest BCUT2D eigenvalue weighted by atomic mass is 10.2. The first-order chi connectivity index (χ1) is 8.97. The largest absolute Gasteiger partial charge is 0.466 e. The number of aliphatic hydroxyl groups excluding tert-OH is 1. The third kappa shape index (κ3) is 19.4. The first-order valence-electron chi connectivity index (χ1n) is 6.35. The summed E-state index contributed by atoms with van der Waals surface area (Å²) in [5.41, 5.74) is 0. The fraction of sp³-hybridized carbons (Fsp3) is 0.846. The van der Waals surface area contributed by atoms with E-state index in [4.69, 9.17) is 4.74 Å². The van der Waals surface area contributed by atoms with Crippen molar-refractivity contribution in [2.45, 2.75) is 45.6 Å². The zero-order chi connectivity index (χ0) is 15.1. The molecule has 0 heterocycles. The Morgan fingerprint density at radius 3 is 2.26 bits per heavy atom. The number of hydrogen-bond acceptors (Lipinski definition) is 6. The van der Waals surface area contributed by atoms with Crippen molar-refractivity contribution in [2.24, 2.45) is 0 Å². The van der Waals surface area contributed by atoms with Crippen LogP contribution in [0.1, 0.15) is 39.5 Å². The summed E-state index contributed by atoms with van der Waals surface area (Å²) in [6.45, 7) is 3.63. The second-order valence-electron chi connectivity index (χ2n) is 3.98. The van der Waals surface area contributed by atoms with Gasteiger partial charge in [0.15, 0.2) is 0 Å². The summed E-state index contributed by atoms with van der Waals surface area (Å²) >= 11 is 0. The molecule has 0 saturated carbocycles. The molecule has 0 bridgehead atoms. The van der Waals surface area contributed by atoms with Crippen molar-refractivity contribution in [3.05, 3.63) is 0 Å². The van der Waals surface area contributed by atoms with Crippen LogP contribution in [0.15, 0.2) is 0 Å². The second-order valence-corrected chi connectivity index (χ2v) is 3.98. The number of carbonyl (C=O) groups is 2. The normalized spacial score (nSPS) is 11.0. The molecule has 0 aliphatic rings. The van der Waals surface area contributed by atoms with Crippen LogP contribution in [0.3, 0.4) is 0 Å². The number of ether oxygens (including phenoxy) is 3. The van der Waals surface area contributed by atoms with E-state index in [0.29, 0.717) is 6.61 Å². The zero-order valence-electron chi connectivity index (χ0n) is 12.3. The number of methoxy groups -OCH3 is 1. The smallest absolute Gasteiger partial charge is 0.305 e. The van der Waals surface area contributed by atoms with Gasteiger partial charge in [-0.15, -0.1) is 0 Å². The molecule has 6 heteroatoms. The van der Waals surface area contributed by atoms with E-state index in [-0.39, 0.29) is 25.4 Å². The van der Waals surface area contributed by atoms with E-state index < -0.39 is 12.1 Å². The number of unbranched alkanes of at least 4 members (excludes halogenated alkanes) is 1. The van der Waals surface area contributed by atoms with Crippen molar-refractivity contribution in [1.82, 2.24) is 0 Å². The standard InChI is InChI=1S/C11H20O5.C2H6O/c1-3-4-7-15-11(14)6-5-10(13)8-16-9(2)12;1-3-2/h10,13H,3-8H2,1-2H3;1-2H3. The van der Waals surface area contributed by atoms with Crippen molar-refractivity contribution >= 4 is 11.9 Å². The fourth-order valence-electron chi connectivity index (χ4n) is 0.984. The number of esters is 2. The molecule has 1 N–H and O–H groups in total. The predicted octanol–water partition coefficient (Wildman–Crippen LogP) is 1.30. The molecule has 0 saturated heterocycles. The highest BCUT2D eigenvalue weighted by Gasteiger charge is 2.10. The maximum Gasteiger partial charge on any atom is 0.305 e. The number of aliphatic hydroxyl groups is 1. The van der Waals surface area contributed by atoms with E-state index in [2.05, 4.69) is 9.47 Å². The Hall–Kier alpha value is -1.14. The highest BCUT2D eigenvalue weighted by molar-refractivity contribution is 5.69. The van der Waals surface area contributed by atoms with Gasteiger partial charge in [0.2, 0.25) is 0 Å². The Labute approximate surface area is 115 Å². The van der Waals surface area contributed by atoms with E-state index in [9.17, 15) is 14.7 Å². The molecule has 0 aromatic heterocycles. The van der Waals surface area contributed by atoms with Crippen molar-refractivity contribution in [3.8, 4) is 0 Å². The van der Waals surface area contributed by atoms with Crippen LogP contribution in [0, 0.1) is 0 Å². The second kappa shape index (κ2) is 14.9. The Morgan fingerprint density at radius 1 is 1.21 bits per heavy atom. The average molecular weight is 278 g/mol. The van der Waals surface area contributed by atoms with E-state index >= 15 is 0 Å². The molecule has 0 aromatic carbocycles. The van der Waals surface area contributed by atoms with Gasteiger partial charge >= 0.3 is 11.9 Å². The van der Waals surface area contributed by atoms with Gasteiger partial charge in [-0.2, -0.15) is 0 Å². The van der Waals surface area contributed by atoms with Crippen LogP contribution >= 0.6 is 0 Å². The minimum atomic E-state index is -0.803. The summed E-state index contributed by atoms with van der Waals surface area (Å²) in [5.74, 6) is -0.764. The Bertz CT molecular complexity index is 229. The zero-order valence-corrected chi connectivity index (χ0v) is 12.3. The summed E-state index contributed by atoms with van der Waals surface area (Å²) in [6.07, 6.45) is 1.41. The van der Waals surface area contributed by atoms with Crippen LogP contribution in [0.5, 0.6) is 0 Å². The molecule has 0 aliphatic heterocycles. The molecule has 0 amide bonds. The topological polar surface area (TPSA) is 82.1 Å². The van der Waals surface area contributed by atoms with Gasteiger partial charge < -0.3 is 19.3 Å². The lowest BCUT2D eigenvalue weighted by Gasteiger charge is -2.09. The van der Waals surface area contributed by atoms with Gasteiger partial charge in [-0.05, 0) is 12.8 Å². The quantitative estimate of drug-likeness (QED) is 0.532. The number of carbonyl (C=O) groups excluding carboxylic acids is 2. The van der Waals surface area contributed by atoms with Crippen molar-refractivity contribution in [1.29, 1.82) is 0 Å². The summed E-state index contributed by atoms with van der Waals surface area (Å²) in [4.78, 5) is 21.6. The van der Waals surface area contributed by atoms with Crippen LogP contribution in [0.2, 0.25) is 0 Å². The monoisotopic (exact) mass is 278 g/mol. The third-order valence-electron chi connectivity index (χ3n) is 1.92. The van der Waals surface area contributed by atoms with Crippen LogP contribution in [-0.2, 0) is 23.8 Å². The summed E-state index contributed by atoms with van der Waals surface area (Å²) in [5, 5.41) is 9.33. The summed E-state index contributed by atoms with van der Waals surface area (Å²) in [6, 6.07) is 0. The molecule has 0 fully saturated rings. The molecule has 0 aliphatic carbocycles. The predicted molar refractivity (Wildman–Crippen MR) is 70.7 cm³/mol. The van der Waals surface area contributed by atoms with Gasteiger partial charge in [-0.3, -0.25) is 9.59 Å². The van der Waals surface area contributed by atoms with Gasteiger partial charge in [0.05, 0.1) is 12.7 Å². The SMILES string of the molecule is CCCCOC(=O)CCC(O)COC(C)=O.COC. The Kier molecular flexibility index (Phi) is 15.8. The van der Waals surface area contributed by atoms with E-state index in [1.54, 1.807) is 14.2 Å². The van der Waals surface area contributed by atoms with Crippen molar-refractivity contribution < 1.29 is 28.9 Å². The van der Waals surface area contributed by atoms with Crippen LogP contribution in [0.25, 0.3) is 0 Å². The number of rotatable bonds is 8. The van der Waals surface area contributed by atoms with Gasteiger partial charge in [-0.25, -0.2) is 0 Å². The van der Waals surface area contributed by atoms with E-state index in [0.717, 1.165) is 12.8 Å². The molecule has 1 unspecified atom stereocenters. The van der Waals surface area contributed by atoms with Gasteiger partial charge in [0.1, 0.15) is 6.61 Å². The molecule has 0 spiro atoms. The Morgan fingerprint density at radius 2 is 1.79 bits per heavy atom. The molecular formula is C13H26O6. The van der Waals surface area contributed by atoms with Crippen LogP contribution < -0.4 is 0 Å². The highest BCUT2D eigenvalue weighted by atomic mass is 16.5. The maximum atomic E-state index is 11.1. The summed E-state index contributed by atoms with van der Waals surface area (Å²) < 4.78 is 13.7. The van der Waals surface area contributed by atoms with Gasteiger partial charge in [0.25, 0.3) is 0 Å². The molecule has 114 valence electrons. The first kappa shape index (κ1) is 20.2. The van der Waals surface area contributed by atoms with Crippen LogP contribution in [-0.4, -0.2) is 50.6 Å². The van der Waals surface area contributed by atoms with Gasteiger partial charge in [0, 0.05) is 27.6 Å². The first-order valence-corrected chi connectivity index (χ1v) is 6.35. The third-order valence-corrected chi connectivity index (χ3v) is 1.92. The van der Waals surface area contributed by atoms with Crippen molar-refractivity contribution in [3.63, 3.8) is 0 Å². The van der Waals surface area contributed by atoms with Crippen molar-refractivity contribution in [2.75, 3.05) is 27.4 Å². The maximum absolute atomic E-state index is 11.1.